The highest BCUT2D eigenvalue weighted by atomic mass is 16.1. The third-order valence-corrected chi connectivity index (χ3v) is 1.88. The first-order valence-corrected chi connectivity index (χ1v) is 4.19. The zero-order valence-corrected chi connectivity index (χ0v) is 7.50. The smallest absolute Gasteiger partial charge is 0.222 e. The van der Waals surface area contributed by atoms with Gasteiger partial charge in [0.15, 0.2) is 0 Å². The molecule has 12 heavy (non-hydrogen) atoms. The molecule has 1 amide bonds. The third-order valence-electron chi connectivity index (χ3n) is 1.88. The van der Waals surface area contributed by atoms with Crippen LogP contribution in [0.1, 0.15) is 20.3 Å². The van der Waals surface area contributed by atoms with Crippen molar-refractivity contribution in [3.63, 3.8) is 0 Å². The number of hydrogen-bond donors (Lipinski definition) is 2. The van der Waals surface area contributed by atoms with E-state index in [0.717, 1.165) is 0 Å². The normalized spacial score (nSPS) is 24.8. The number of nitrogens with zero attached hydrogens (tertiary/aromatic N) is 1. The molecule has 1 fully saturated rings. The molecule has 0 spiro atoms. The number of amidine groups is 1. The highest BCUT2D eigenvalue weighted by molar-refractivity contribution is 5.84. The molecular formula is C8H15N3O. The van der Waals surface area contributed by atoms with Crippen molar-refractivity contribution in [1.29, 1.82) is 0 Å². The Morgan fingerprint density at radius 1 is 1.75 bits per heavy atom. The number of rotatable bonds is 2. The molecular weight excluding hydrogens is 154 g/mol. The summed E-state index contributed by atoms with van der Waals surface area (Å²) in [4.78, 5) is 15.0. The van der Waals surface area contributed by atoms with Crippen LogP contribution in [0.3, 0.4) is 0 Å². The molecule has 1 heterocycles. The number of carbonyl (C=O) groups is 1. The molecule has 0 aromatic rings. The maximum atomic E-state index is 10.8. The molecule has 1 rings (SSSR count). The molecule has 4 heteroatoms. The fourth-order valence-corrected chi connectivity index (χ4v) is 1.04. The molecule has 3 N–H and O–H groups in total. The number of aliphatic imine (C=N–C) groups is 1. The summed E-state index contributed by atoms with van der Waals surface area (Å²) < 4.78 is 0. The minimum absolute atomic E-state index is 0.0555. The largest absolute Gasteiger partial charge is 0.387 e. The Kier molecular flexibility index (Phi) is 2.68. The van der Waals surface area contributed by atoms with E-state index < -0.39 is 0 Å². The first-order chi connectivity index (χ1) is 5.59. The fourth-order valence-electron chi connectivity index (χ4n) is 1.04. The molecule has 0 radical (unpaired) electrons. The summed E-state index contributed by atoms with van der Waals surface area (Å²) in [6.45, 7) is 4.61. The Morgan fingerprint density at radius 2 is 2.42 bits per heavy atom. The number of amides is 1. The van der Waals surface area contributed by atoms with E-state index >= 15 is 0 Å². The predicted molar refractivity (Wildman–Crippen MR) is 47.9 cm³/mol. The average Bonchev–Trinajstić information content (AvgIpc) is 2.35. The molecule has 68 valence electrons. The quantitative estimate of drug-likeness (QED) is 0.447. The Bertz CT molecular complexity index is 210. The summed E-state index contributed by atoms with van der Waals surface area (Å²) in [5.41, 5.74) is 5.65. The Morgan fingerprint density at radius 3 is 2.83 bits per heavy atom. The van der Waals surface area contributed by atoms with E-state index in [0.29, 0.717) is 18.8 Å². The van der Waals surface area contributed by atoms with Crippen LogP contribution in [0.4, 0.5) is 0 Å². The second kappa shape index (κ2) is 3.56. The van der Waals surface area contributed by atoms with Gasteiger partial charge >= 0.3 is 0 Å². The van der Waals surface area contributed by atoms with Crippen LogP contribution in [0.2, 0.25) is 0 Å². The monoisotopic (exact) mass is 169 g/mol. The summed E-state index contributed by atoms with van der Waals surface area (Å²) in [6, 6.07) is 0.0555. The van der Waals surface area contributed by atoms with Gasteiger partial charge in [-0.25, -0.2) is 0 Å². The van der Waals surface area contributed by atoms with Crippen LogP contribution >= 0.6 is 0 Å². The predicted octanol–water partition coefficient (Wildman–Crippen LogP) is -0.112. The van der Waals surface area contributed by atoms with Gasteiger partial charge in [-0.15, -0.1) is 0 Å². The van der Waals surface area contributed by atoms with E-state index in [1.807, 2.05) is 13.8 Å². The minimum Gasteiger partial charge on any atom is -0.387 e. The van der Waals surface area contributed by atoms with Gasteiger partial charge in [-0.1, -0.05) is 13.8 Å². The van der Waals surface area contributed by atoms with Crippen molar-refractivity contribution in [2.75, 3.05) is 6.54 Å². The minimum atomic E-state index is 0.0555. The van der Waals surface area contributed by atoms with Gasteiger partial charge in [0.25, 0.3) is 0 Å². The number of hydrogen-bond acceptors (Lipinski definition) is 2. The van der Waals surface area contributed by atoms with Crippen LogP contribution in [-0.2, 0) is 4.79 Å². The van der Waals surface area contributed by atoms with Crippen molar-refractivity contribution in [1.82, 2.24) is 5.32 Å². The second-order valence-corrected chi connectivity index (χ2v) is 3.37. The number of nitrogens with one attached hydrogen (secondary N) is 1. The van der Waals surface area contributed by atoms with Crippen LogP contribution in [0.5, 0.6) is 0 Å². The van der Waals surface area contributed by atoms with Crippen molar-refractivity contribution in [3.05, 3.63) is 0 Å². The fraction of sp³-hybridized carbons (Fsp3) is 0.750. The molecule has 1 saturated heterocycles. The summed E-state index contributed by atoms with van der Waals surface area (Å²) >= 11 is 0. The van der Waals surface area contributed by atoms with Crippen molar-refractivity contribution >= 4 is 11.7 Å². The molecule has 1 unspecified atom stereocenters. The Hall–Kier alpha value is -1.06. The van der Waals surface area contributed by atoms with Gasteiger partial charge in [0.1, 0.15) is 0 Å². The second-order valence-electron chi connectivity index (χ2n) is 3.37. The first kappa shape index (κ1) is 9.03. The molecule has 1 aliphatic heterocycles. The van der Waals surface area contributed by atoms with Crippen molar-refractivity contribution < 1.29 is 4.79 Å². The molecule has 1 aliphatic rings. The SMILES string of the molecule is CC(C)C(N)=NC1CNC(=O)C1. The van der Waals surface area contributed by atoms with Crippen LogP contribution < -0.4 is 11.1 Å². The topological polar surface area (TPSA) is 67.5 Å². The highest BCUT2D eigenvalue weighted by Crippen LogP contribution is 2.05. The molecule has 1 atom stereocenters. The van der Waals surface area contributed by atoms with Gasteiger partial charge in [-0.05, 0) is 0 Å². The molecule has 4 nitrogen and oxygen atoms in total. The zero-order valence-electron chi connectivity index (χ0n) is 7.50. The van der Waals surface area contributed by atoms with Crippen LogP contribution in [0, 0.1) is 5.92 Å². The molecule has 0 aliphatic carbocycles. The summed E-state index contributed by atoms with van der Waals surface area (Å²) in [5.74, 6) is 0.970. The molecule has 0 aromatic heterocycles. The van der Waals surface area contributed by atoms with Crippen LogP contribution in [-0.4, -0.2) is 24.3 Å². The van der Waals surface area contributed by atoms with Crippen LogP contribution in [0.15, 0.2) is 4.99 Å². The number of carbonyl (C=O) groups excluding carboxylic acids is 1. The Labute approximate surface area is 72.2 Å². The van der Waals surface area contributed by atoms with Crippen molar-refractivity contribution in [3.8, 4) is 0 Å². The maximum Gasteiger partial charge on any atom is 0.222 e. The number of nitrogens with two attached hydrogens (primary N) is 1. The van der Waals surface area contributed by atoms with E-state index in [1.165, 1.54) is 0 Å². The lowest BCUT2D eigenvalue weighted by Gasteiger charge is -2.06. The van der Waals surface area contributed by atoms with Gasteiger partial charge in [0, 0.05) is 12.5 Å². The third kappa shape index (κ3) is 2.22. The average molecular weight is 169 g/mol. The summed E-state index contributed by atoms with van der Waals surface area (Å²) in [5, 5.41) is 2.71. The van der Waals surface area contributed by atoms with E-state index in [2.05, 4.69) is 10.3 Å². The Balaban J connectivity index is 2.50. The summed E-state index contributed by atoms with van der Waals surface area (Å²) in [7, 11) is 0. The van der Waals surface area contributed by atoms with E-state index in [-0.39, 0.29) is 17.9 Å². The van der Waals surface area contributed by atoms with E-state index in [9.17, 15) is 4.79 Å². The van der Waals surface area contributed by atoms with Gasteiger partial charge in [-0.3, -0.25) is 9.79 Å². The summed E-state index contributed by atoms with van der Waals surface area (Å²) in [6.07, 6.45) is 0.480. The first-order valence-electron chi connectivity index (χ1n) is 4.19. The van der Waals surface area contributed by atoms with Gasteiger partial charge in [0.2, 0.25) is 5.91 Å². The lowest BCUT2D eigenvalue weighted by atomic mass is 10.2. The highest BCUT2D eigenvalue weighted by Gasteiger charge is 2.20. The lowest BCUT2D eigenvalue weighted by molar-refractivity contribution is -0.119. The zero-order chi connectivity index (χ0) is 9.14. The molecule has 0 saturated carbocycles. The van der Waals surface area contributed by atoms with E-state index in [1.54, 1.807) is 0 Å². The van der Waals surface area contributed by atoms with Gasteiger partial charge in [-0.2, -0.15) is 0 Å². The van der Waals surface area contributed by atoms with Crippen LogP contribution in [0.25, 0.3) is 0 Å². The maximum absolute atomic E-state index is 10.8. The van der Waals surface area contributed by atoms with E-state index in [4.69, 9.17) is 5.73 Å². The van der Waals surface area contributed by atoms with Gasteiger partial charge < -0.3 is 11.1 Å². The van der Waals surface area contributed by atoms with Crippen molar-refractivity contribution in [2.24, 2.45) is 16.6 Å². The standard InChI is InChI=1S/C8H15N3O/c1-5(2)8(9)11-6-3-7(12)10-4-6/h5-6H,3-4H2,1-2H3,(H2,9,11)(H,10,12). The van der Waals surface area contributed by atoms with Gasteiger partial charge in [0.05, 0.1) is 18.3 Å². The molecule has 0 aromatic carbocycles. The van der Waals surface area contributed by atoms with Crippen molar-refractivity contribution in [2.45, 2.75) is 26.3 Å². The lowest BCUT2D eigenvalue weighted by Crippen LogP contribution is -2.23. The molecule has 0 bridgehead atoms.